The normalized spacial score (nSPS) is 20.9. The van der Waals surface area contributed by atoms with Crippen LogP contribution >= 0.6 is 0 Å². The molecular weight excluding hydrogens is 200 g/mol. The van der Waals surface area contributed by atoms with Gasteiger partial charge in [-0.1, -0.05) is 20.8 Å². The average Bonchev–Trinajstić information content (AvgIpc) is 2.55. The lowest BCUT2D eigenvalue weighted by atomic mass is 9.90. The van der Waals surface area contributed by atoms with Crippen molar-refractivity contribution in [3.05, 3.63) is 17.3 Å². The largest absolute Gasteiger partial charge is 0.445 e. The van der Waals surface area contributed by atoms with E-state index in [4.69, 9.17) is 10.2 Å². The predicted molar refractivity (Wildman–Crippen MR) is 64.2 cm³/mol. The summed E-state index contributed by atoms with van der Waals surface area (Å²) >= 11 is 0. The van der Waals surface area contributed by atoms with Crippen LogP contribution in [0.4, 0.5) is 0 Å². The van der Waals surface area contributed by atoms with Crippen LogP contribution in [0.1, 0.15) is 44.5 Å². The zero-order valence-corrected chi connectivity index (χ0v) is 10.5. The highest BCUT2D eigenvalue weighted by Gasteiger charge is 2.24. The molecule has 0 saturated carbocycles. The van der Waals surface area contributed by atoms with Crippen LogP contribution in [0.2, 0.25) is 0 Å². The van der Waals surface area contributed by atoms with Gasteiger partial charge in [-0.25, -0.2) is 4.98 Å². The first-order valence-corrected chi connectivity index (χ1v) is 6.15. The topological polar surface area (TPSA) is 52.0 Å². The summed E-state index contributed by atoms with van der Waals surface area (Å²) in [5, 5.41) is 0. The van der Waals surface area contributed by atoms with Crippen molar-refractivity contribution in [2.75, 3.05) is 6.54 Å². The van der Waals surface area contributed by atoms with Gasteiger partial charge in [0.15, 0.2) is 5.89 Å². The molecule has 1 aromatic heterocycles. The third-order valence-electron chi connectivity index (χ3n) is 3.10. The molecule has 0 aliphatic heterocycles. The summed E-state index contributed by atoms with van der Waals surface area (Å²) in [5.41, 5.74) is 7.10. The Labute approximate surface area is 97.4 Å². The van der Waals surface area contributed by atoms with E-state index in [0.29, 0.717) is 5.92 Å². The van der Waals surface area contributed by atoms with Gasteiger partial charge >= 0.3 is 0 Å². The summed E-state index contributed by atoms with van der Waals surface area (Å²) in [4.78, 5) is 4.61. The lowest BCUT2D eigenvalue weighted by Gasteiger charge is -2.17. The summed E-state index contributed by atoms with van der Waals surface area (Å²) < 4.78 is 5.82. The molecule has 1 heterocycles. The van der Waals surface area contributed by atoms with Gasteiger partial charge in [0.1, 0.15) is 5.76 Å². The van der Waals surface area contributed by atoms with Gasteiger partial charge in [0, 0.05) is 12.8 Å². The Morgan fingerprint density at radius 1 is 1.44 bits per heavy atom. The maximum atomic E-state index is 5.82. The minimum absolute atomic E-state index is 0.237. The van der Waals surface area contributed by atoms with E-state index in [9.17, 15) is 0 Å². The fraction of sp³-hybridized carbons (Fsp3) is 0.769. The molecule has 2 N–H and O–H groups in total. The standard InChI is InChI=1S/C13H22N2O/c1-13(2,3)7-12-15-10-6-9(8-14)4-5-11(10)16-12/h9H,4-8,14H2,1-3H3. The van der Waals surface area contributed by atoms with E-state index in [1.54, 1.807) is 0 Å². The first-order valence-electron chi connectivity index (χ1n) is 6.15. The number of rotatable bonds is 2. The second-order valence-electron chi connectivity index (χ2n) is 6.06. The van der Waals surface area contributed by atoms with Crippen molar-refractivity contribution in [1.82, 2.24) is 4.98 Å². The third kappa shape index (κ3) is 2.64. The zero-order chi connectivity index (χ0) is 11.8. The first kappa shape index (κ1) is 11.6. The molecule has 0 radical (unpaired) electrons. The fourth-order valence-electron chi connectivity index (χ4n) is 2.23. The third-order valence-corrected chi connectivity index (χ3v) is 3.10. The maximum Gasteiger partial charge on any atom is 0.195 e. The van der Waals surface area contributed by atoms with Crippen molar-refractivity contribution >= 4 is 0 Å². The molecule has 0 spiro atoms. The molecule has 1 aromatic rings. The Bertz CT molecular complexity index is 362. The number of nitrogens with zero attached hydrogens (tertiary/aromatic N) is 1. The second-order valence-corrected chi connectivity index (χ2v) is 6.06. The molecule has 3 heteroatoms. The molecular formula is C13H22N2O. The van der Waals surface area contributed by atoms with Crippen LogP contribution in [0.15, 0.2) is 4.42 Å². The highest BCUT2D eigenvalue weighted by Crippen LogP contribution is 2.28. The van der Waals surface area contributed by atoms with Gasteiger partial charge in [0.2, 0.25) is 0 Å². The fourth-order valence-corrected chi connectivity index (χ4v) is 2.23. The number of aromatic nitrogens is 1. The molecule has 0 bridgehead atoms. The number of hydrogen-bond donors (Lipinski definition) is 1. The summed E-state index contributed by atoms with van der Waals surface area (Å²) in [7, 11) is 0. The number of oxazole rings is 1. The minimum atomic E-state index is 0.237. The van der Waals surface area contributed by atoms with Gasteiger partial charge < -0.3 is 10.2 Å². The van der Waals surface area contributed by atoms with E-state index in [1.807, 2.05) is 0 Å². The molecule has 0 saturated heterocycles. The van der Waals surface area contributed by atoms with E-state index in [2.05, 4.69) is 25.8 Å². The Morgan fingerprint density at radius 3 is 2.81 bits per heavy atom. The molecule has 0 fully saturated rings. The summed E-state index contributed by atoms with van der Waals surface area (Å²) in [6.07, 6.45) is 4.06. The van der Waals surface area contributed by atoms with Crippen molar-refractivity contribution < 1.29 is 4.42 Å². The van der Waals surface area contributed by atoms with E-state index < -0.39 is 0 Å². The van der Waals surface area contributed by atoms with Gasteiger partial charge in [0.05, 0.1) is 5.69 Å². The SMILES string of the molecule is CC(C)(C)Cc1nc2c(o1)CCC(CN)C2. The number of fused-ring (bicyclic) bond motifs is 1. The van der Waals surface area contributed by atoms with Crippen LogP contribution in [0.3, 0.4) is 0 Å². The van der Waals surface area contributed by atoms with Crippen molar-refractivity contribution in [2.24, 2.45) is 17.1 Å². The number of hydrogen-bond acceptors (Lipinski definition) is 3. The maximum absolute atomic E-state index is 5.82. The van der Waals surface area contributed by atoms with Crippen LogP contribution in [0, 0.1) is 11.3 Å². The van der Waals surface area contributed by atoms with Crippen molar-refractivity contribution in [3.8, 4) is 0 Å². The number of nitrogens with two attached hydrogens (primary N) is 1. The smallest absolute Gasteiger partial charge is 0.195 e. The lowest BCUT2D eigenvalue weighted by Crippen LogP contribution is -2.21. The summed E-state index contributed by atoms with van der Waals surface area (Å²) in [6, 6.07) is 0. The van der Waals surface area contributed by atoms with Crippen LogP contribution in [0.25, 0.3) is 0 Å². The highest BCUT2D eigenvalue weighted by molar-refractivity contribution is 5.15. The first-order chi connectivity index (χ1) is 7.48. The highest BCUT2D eigenvalue weighted by atomic mass is 16.4. The van der Waals surface area contributed by atoms with E-state index in [-0.39, 0.29) is 5.41 Å². The quantitative estimate of drug-likeness (QED) is 0.835. The van der Waals surface area contributed by atoms with Crippen LogP contribution in [0.5, 0.6) is 0 Å². The Kier molecular flexibility index (Phi) is 3.06. The molecule has 1 unspecified atom stereocenters. The van der Waals surface area contributed by atoms with Crippen molar-refractivity contribution in [2.45, 2.75) is 46.5 Å². The molecule has 1 aliphatic carbocycles. The van der Waals surface area contributed by atoms with Gasteiger partial charge in [0.25, 0.3) is 0 Å². The van der Waals surface area contributed by atoms with Crippen LogP contribution < -0.4 is 5.73 Å². The van der Waals surface area contributed by atoms with Gasteiger partial charge in [-0.2, -0.15) is 0 Å². The summed E-state index contributed by atoms with van der Waals surface area (Å²) in [6.45, 7) is 7.39. The zero-order valence-electron chi connectivity index (χ0n) is 10.5. The monoisotopic (exact) mass is 222 g/mol. The Balaban J connectivity index is 2.12. The molecule has 0 aromatic carbocycles. The molecule has 1 aliphatic rings. The van der Waals surface area contributed by atoms with Crippen LogP contribution in [-0.2, 0) is 19.3 Å². The lowest BCUT2D eigenvalue weighted by molar-refractivity contribution is 0.338. The molecule has 90 valence electrons. The molecule has 16 heavy (non-hydrogen) atoms. The van der Waals surface area contributed by atoms with Gasteiger partial charge in [-0.3, -0.25) is 0 Å². The van der Waals surface area contributed by atoms with Gasteiger partial charge in [-0.05, 0) is 30.7 Å². The average molecular weight is 222 g/mol. The molecule has 2 rings (SSSR count). The Hall–Kier alpha value is -0.830. The molecule has 3 nitrogen and oxygen atoms in total. The van der Waals surface area contributed by atoms with Crippen LogP contribution in [-0.4, -0.2) is 11.5 Å². The minimum Gasteiger partial charge on any atom is -0.445 e. The van der Waals surface area contributed by atoms with Gasteiger partial charge in [-0.15, -0.1) is 0 Å². The van der Waals surface area contributed by atoms with Crippen molar-refractivity contribution in [1.29, 1.82) is 0 Å². The predicted octanol–water partition coefficient (Wildman–Crippen LogP) is 2.33. The molecule has 1 atom stereocenters. The van der Waals surface area contributed by atoms with E-state index in [0.717, 1.165) is 49.6 Å². The van der Waals surface area contributed by atoms with E-state index in [1.165, 1.54) is 0 Å². The molecule has 0 amide bonds. The summed E-state index contributed by atoms with van der Waals surface area (Å²) in [5.74, 6) is 2.60. The van der Waals surface area contributed by atoms with E-state index >= 15 is 0 Å². The number of aryl methyl sites for hydroxylation is 1. The second kappa shape index (κ2) is 4.21. The Morgan fingerprint density at radius 2 is 2.19 bits per heavy atom. The van der Waals surface area contributed by atoms with Crippen molar-refractivity contribution in [3.63, 3.8) is 0 Å².